The standard InChI is InChI=1S/C17H11Cl2N5O3/c1-7-10-6-9(2-3-13(10)22-21-7)27-15-11(18)4-8(5-12(15)19)14-16(25)20-17(26)24-23-14/h2-6H,1H3,(H,21,22)(H2,20,24,25,26). The number of benzene rings is 2. The number of aryl methyl sites for hydroxylation is 1. The summed E-state index contributed by atoms with van der Waals surface area (Å²) in [5.41, 5.74) is 0.699. The number of aromatic amines is 3. The molecule has 4 aromatic rings. The molecule has 0 atom stereocenters. The second kappa shape index (κ2) is 6.57. The van der Waals surface area contributed by atoms with Crippen LogP contribution in [0.3, 0.4) is 0 Å². The molecular formula is C17H11Cl2N5O3. The molecule has 0 bridgehead atoms. The first kappa shape index (κ1) is 17.3. The molecule has 4 rings (SSSR count). The number of H-pyrrole nitrogens is 3. The normalized spacial score (nSPS) is 11.1. The van der Waals surface area contributed by atoms with Gasteiger partial charge in [-0.15, -0.1) is 0 Å². The van der Waals surface area contributed by atoms with Gasteiger partial charge in [0.15, 0.2) is 11.4 Å². The van der Waals surface area contributed by atoms with Crippen LogP contribution in [0.2, 0.25) is 10.0 Å². The zero-order chi connectivity index (χ0) is 19.1. The van der Waals surface area contributed by atoms with Gasteiger partial charge in [0.2, 0.25) is 0 Å². The Morgan fingerprint density at radius 1 is 1.00 bits per heavy atom. The molecule has 27 heavy (non-hydrogen) atoms. The zero-order valence-electron chi connectivity index (χ0n) is 13.8. The summed E-state index contributed by atoms with van der Waals surface area (Å²) >= 11 is 12.6. The van der Waals surface area contributed by atoms with E-state index in [1.54, 1.807) is 6.07 Å². The maximum absolute atomic E-state index is 11.9. The zero-order valence-corrected chi connectivity index (χ0v) is 15.3. The second-order valence-corrected chi connectivity index (χ2v) is 6.56. The van der Waals surface area contributed by atoms with Crippen molar-refractivity contribution >= 4 is 34.1 Å². The molecule has 0 saturated carbocycles. The number of nitrogens with zero attached hydrogens (tertiary/aromatic N) is 2. The van der Waals surface area contributed by atoms with Crippen molar-refractivity contribution in [3.05, 3.63) is 66.9 Å². The quantitative estimate of drug-likeness (QED) is 0.484. The molecule has 10 heteroatoms. The number of halogens is 2. The van der Waals surface area contributed by atoms with Crippen LogP contribution in [-0.2, 0) is 0 Å². The molecule has 0 aliphatic heterocycles. The van der Waals surface area contributed by atoms with Crippen molar-refractivity contribution in [2.24, 2.45) is 0 Å². The van der Waals surface area contributed by atoms with Crippen molar-refractivity contribution in [2.75, 3.05) is 0 Å². The van der Waals surface area contributed by atoms with Crippen molar-refractivity contribution < 1.29 is 4.74 Å². The van der Waals surface area contributed by atoms with Crippen LogP contribution in [0.1, 0.15) is 5.69 Å². The lowest BCUT2D eigenvalue weighted by Gasteiger charge is -2.11. The largest absolute Gasteiger partial charge is 0.454 e. The van der Waals surface area contributed by atoms with Crippen LogP contribution < -0.4 is 16.0 Å². The second-order valence-electron chi connectivity index (χ2n) is 5.74. The number of hydrogen-bond donors (Lipinski definition) is 3. The molecule has 0 amide bonds. The summed E-state index contributed by atoms with van der Waals surface area (Å²) in [7, 11) is 0. The van der Waals surface area contributed by atoms with Gasteiger partial charge in [-0.1, -0.05) is 23.2 Å². The molecule has 0 radical (unpaired) electrons. The van der Waals surface area contributed by atoms with E-state index in [0.717, 1.165) is 16.6 Å². The lowest BCUT2D eigenvalue weighted by molar-refractivity contribution is 0.484. The predicted octanol–water partition coefficient (Wildman–Crippen LogP) is 3.41. The van der Waals surface area contributed by atoms with Crippen molar-refractivity contribution in [1.29, 1.82) is 0 Å². The summed E-state index contributed by atoms with van der Waals surface area (Å²) in [5.74, 6) is 0.770. The Morgan fingerprint density at radius 2 is 1.74 bits per heavy atom. The third kappa shape index (κ3) is 3.20. The average molecular weight is 404 g/mol. The van der Waals surface area contributed by atoms with Crippen molar-refractivity contribution in [1.82, 2.24) is 25.4 Å². The van der Waals surface area contributed by atoms with Gasteiger partial charge in [0.25, 0.3) is 5.56 Å². The summed E-state index contributed by atoms with van der Waals surface area (Å²) < 4.78 is 5.84. The molecule has 2 heterocycles. The molecule has 3 N–H and O–H groups in total. The maximum Gasteiger partial charge on any atom is 0.342 e. The number of hydrogen-bond acceptors (Lipinski definition) is 5. The Morgan fingerprint density at radius 3 is 2.44 bits per heavy atom. The molecule has 0 spiro atoms. The van der Waals surface area contributed by atoms with Gasteiger partial charge in [0.1, 0.15) is 5.75 Å². The highest BCUT2D eigenvalue weighted by Crippen LogP contribution is 2.39. The lowest BCUT2D eigenvalue weighted by Crippen LogP contribution is -2.25. The van der Waals surface area contributed by atoms with Gasteiger partial charge in [-0.2, -0.15) is 10.2 Å². The molecule has 0 unspecified atom stereocenters. The fourth-order valence-corrected chi connectivity index (χ4v) is 3.21. The molecule has 0 saturated heterocycles. The molecule has 0 aliphatic carbocycles. The van der Waals surface area contributed by atoms with Crippen molar-refractivity contribution in [3.63, 3.8) is 0 Å². The molecule has 136 valence electrons. The van der Waals surface area contributed by atoms with Crippen LogP contribution in [-0.4, -0.2) is 25.4 Å². The topological polar surface area (TPSA) is 117 Å². The van der Waals surface area contributed by atoms with E-state index >= 15 is 0 Å². The Balaban J connectivity index is 1.74. The molecule has 2 aromatic carbocycles. The molecular weight excluding hydrogens is 393 g/mol. The highest BCUT2D eigenvalue weighted by molar-refractivity contribution is 6.37. The van der Waals surface area contributed by atoms with E-state index in [1.165, 1.54) is 12.1 Å². The summed E-state index contributed by atoms with van der Waals surface area (Å²) in [4.78, 5) is 25.1. The monoisotopic (exact) mass is 403 g/mol. The van der Waals surface area contributed by atoms with Crippen LogP contribution in [0.25, 0.3) is 22.2 Å². The van der Waals surface area contributed by atoms with Crippen LogP contribution in [0.4, 0.5) is 0 Å². The Kier molecular flexibility index (Phi) is 4.21. The first-order valence-electron chi connectivity index (χ1n) is 7.73. The fraction of sp³-hybridized carbons (Fsp3) is 0.0588. The molecule has 8 nitrogen and oxygen atoms in total. The third-order valence-corrected chi connectivity index (χ3v) is 4.49. The van der Waals surface area contributed by atoms with Gasteiger partial charge in [-0.3, -0.25) is 14.9 Å². The first-order chi connectivity index (χ1) is 12.9. The smallest absolute Gasteiger partial charge is 0.342 e. The lowest BCUT2D eigenvalue weighted by atomic mass is 10.1. The number of nitrogens with one attached hydrogen (secondary N) is 3. The van der Waals surface area contributed by atoms with E-state index < -0.39 is 11.2 Å². The van der Waals surface area contributed by atoms with Crippen LogP contribution in [0.5, 0.6) is 11.5 Å². The summed E-state index contributed by atoms with van der Waals surface area (Å²) in [6, 6.07) is 8.39. The number of ether oxygens (including phenoxy) is 1. The average Bonchev–Trinajstić information content (AvgIpc) is 2.99. The van der Waals surface area contributed by atoms with Gasteiger partial charge in [-0.25, -0.2) is 9.89 Å². The van der Waals surface area contributed by atoms with E-state index in [9.17, 15) is 9.59 Å². The Bertz CT molecular complexity index is 1270. The molecule has 2 aromatic heterocycles. The van der Waals surface area contributed by atoms with E-state index in [4.69, 9.17) is 27.9 Å². The van der Waals surface area contributed by atoms with Crippen LogP contribution in [0, 0.1) is 6.92 Å². The van der Waals surface area contributed by atoms with Gasteiger partial charge in [0, 0.05) is 10.9 Å². The number of aromatic nitrogens is 5. The molecule has 0 fully saturated rings. The highest BCUT2D eigenvalue weighted by atomic mass is 35.5. The minimum absolute atomic E-state index is 0.0135. The van der Waals surface area contributed by atoms with Gasteiger partial charge < -0.3 is 4.74 Å². The SMILES string of the molecule is Cc1n[nH]c2ccc(Oc3c(Cl)cc(-c4n[nH]c(=O)[nH]c4=O)cc3Cl)cc12. The maximum atomic E-state index is 11.9. The van der Waals surface area contributed by atoms with Gasteiger partial charge in [-0.05, 0) is 37.3 Å². The van der Waals surface area contributed by atoms with E-state index in [0.29, 0.717) is 11.3 Å². The highest BCUT2D eigenvalue weighted by Gasteiger charge is 2.15. The Hall–Kier alpha value is -3.10. The van der Waals surface area contributed by atoms with E-state index in [2.05, 4.69) is 25.4 Å². The van der Waals surface area contributed by atoms with E-state index in [1.807, 2.05) is 19.1 Å². The van der Waals surface area contributed by atoms with Crippen molar-refractivity contribution in [2.45, 2.75) is 6.92 Å². The first-order valence-corrected chi connectivity index (χ1v) is 8.49. The fourth-order valence-electron chi connectivity index (χ4n) is 2.64. The van der Waals surface area contributed by atoms with E-state index in [-0.39, 0.29) is 21.5 Å². The third-order valence-electron chi connectivity index (χ3n) is 3.93. The summed E-state index contributed by atoms with van der Waals surface area (Å²) in [6.07, 6.45) is 0. The Labute approximate surface area is 161 Å². The number of fused-ring (bicyclic) bond motifs is 1. The molecule has 0 aliphatic rings. The summed E-state index contributed by atoms with van der Waals surface area (Å²) in [6.45, 7) is 1.88. The van der Waals surface area contributed by atoms with Gasteiger partial charge >= 0.3 is 5.69 Å². The van der Waals surface area contributed by atoms with Crippen LogP contribution >= 0.6 is 23.2 Å². The predicted molar refractivity (Wildman–Crippen MR) is 102 cm³/mol. The van der Waals surface area contributed by atoms with Crippen LogP contribution in [0.15, 0.2) is 39.9 Å². The minimum atomic E-state index is -0.703. The van der Waals surface area contributed by atoms with Gasteiger partial charge in [0.05, 0.1) is 21.3 Å². The minimum Gasteiger partial charge on any atom is -0.454 e. The summed E-state index contributed by atoms with van der Waals surface area (Å²) in [5, 5.41) is 14.2. The number of rotatable bonds is 3. The van der Waals surface area contributed by atoms with Crippen molar-refractivity contribution in [3.8, 4) is 22.8 Å².